The van der Waals surface area contributed by atoms with Crippen molar-refractivity contribution in [2.45, 2.75) is 39.0 Å². The van der Waals surface area contributed by atoms with Gasteiger partial charge in [-0.1, -0.05) is 6.07 Å². The van der Waals surface area contributed by atoms with Gasteiger partial charge in [-0.2, -0.15) is 13.2 Å². The van der Waals surface area contributed by atoms with Gasteiger partial charge in [-0.3, -0.25) is 0 Å². The van der Waals surface area contributed by atoms with Crippen LogP contribution in [0.4, 0.5) is 17.6 Å². The molecule has 17 heavy (non-hydrogen) atoms. The molecule has 1 rings (SSSR count). The second-order valence-electron chi connectivity index (χ2n) is 4.92. The first-order valence-electron chi connectivity index (χ1n) is 5.20. The highest BCUT2D eigenvalue weighted by Crippen LogP contribution is 2.31. The zero-order chi connectivity index (χ0) is 13.3. The third kappa shape index (κ3) is 4.34. The minimum absolute atomic E-state index is 0.167. The van der Waals surface area contributed by atoms with E-state index in [4.69, 9.17) is 0 Å². The van der Waals surface area contributed by atoms with E-state index < -0.39 is 17.6 Å². The molecule has 1 nitrogen and oxygen atoms in total. The molecule has 1 aromatic rings. The van der Waals surface area contributed by atoms with Gasteiger partial charge in [0.25, 0.3) is 0 Å². The van der Waals surface area contributed by atoms with Crippen molar-refractivity contribution in [1.29, 1.82) is 0 Å². The Labute approximate surface area is 97.8 Å². The van der Waals surface area contributed by atoms with E-state index >= 15 is 0 Å². The summed E-state index contributed by atoms with van der Waals surface area (Å²) in [5.74, 6) is -1.23. The van der Waals surface area contributed by atoms with Gasteiger partial charge in [0.15, 0.2) is 0 Å². The van der Waals surface area contributed by atoms with Crippen molar-refractivity contribution < 1.29 is 17.6 Å². The first-order chi connectivity index (χ1) is 7.59. The van der Waals surface area contributed by atoms with E-state index in [1.165, 1.54) is 6.07 Å². The van der Waals surface area contributed by atoms with E-state index in [-0.39, 0.29) is 5.54 Å². The van der Waals surface area contributed by atoms with Crippen LogP contribution in [0.1, 0.15) is 31.9 Å². The van der Waals surface area contributed by atoms with Crippen LogP contribution in [0.15, 0.2) is 18.2 Å². The summed E-state index contributed by atoms with van der Waals surface area (Å²) in [6, 6.07) is 2.97. The average molecular weight is 249 g/mol. The van der Waals surface area contributed by atoms with Crippen LogP contribution in [-0.2, 0) is 12.7 Å². The highest BCUT2D eigenvalue weighted by atomic mass is 19.4. The fourth-order valence-corrected chi connectivity index (χ4v) is 1.27. The van der Waals surface area contributed by atoms with Crippen LogP contribution in [0.25, 0.3) is 0 Å². The number of hydrogen-bond donors (Lipinski definition) is 1. The van der Waals surface area contributed by atoms with Gasteiger partial charge in [0.1, 0.15) is 5.82 Å². The molecule has 0 saturated heterocycles. The van der Waals surface area contributed by atoms with Crippen molar-refractivity contribution in [1.82, 2.24) is 5.32 Å². The summed E-state index contributed by atoms with van der Waals surface area (Å²) in [6.45, 7) is 6.10. The Balaban J connectivity index is 2.83. The minimum Gasteiger partial charge on any atom is -0.308 e. The fraction of sp³-hybridized carbons (Fsp3) is 0.500. The van der Waals surface area contributed by atoms with Gasteiger partial charge in [-0.25, -0.2) is 4.39 Å². The maximum atomic E-state index is 13.2. The van der Waals surface area contributed by atoms with Crippen LogP contribution in [0.5, 0.6) is 0 Å². The van der Waals surface area contributed by atoms with Crippen LogP contribution < -0.4 is 5.32 Å². The fourth-order valence-electron chi connectivity index (χ4n) is 1.27. The number of rotatable bonds is 2. The molecule has 0 fully saturated rings. The highest BCUT2D eigenvalue weighted by molar-refractivity contribution is 5.26. The molecule has 0 aromatic heterocycles. The quantitative estimate of drug-likeness (QED) is 0.787. The standard InChI is InChI=1S/C12H15F4N/c1-11(2,3)17-7-8-4-5-9(10(13)6-8)12(14,15)16/h4-6,17H,7H2,1-3H3. The van der Waals surface area contributed by atoms with E-state index in [1.54, 1.807) is 0 Å². The molecular weight excluding hydrogens is 234 g/mol. The molecule has 96 valence electrons. The average Bonchev–Trinajstić information content (AvgIpc) is 2.11. The molecule has 0 aliphatic rings. The van der Waals surface area contributed by atoms with E-state index in [0.717, 1.165) is 12.1 Å². The molecule has 0 aliphatic heterocycles. The lowest BCUT2D eigenvalue weighted by molar-refractivity contribution is -0.140. The van der Waals surface area contributed by atoms with Gasteiger partial charge in [0.2, 0.25) is 0 Å². The van der Waals surface area contributed by atoms with E-state index in [0.29, 0.717) is 12.1 Å². The van der Waals surface area contributed by atoms with Gasteiger partial charge >= 0.3 is 6.18 Å². The van der Waals surface area contributed by atoms with Crippen molar-refractivity contribution in [2.75, 3.05) is 0 Å². The Hall–Kier alpha value is -1.10. The van der Waals surface area contributed by atoms with Gasteiger partial charge in [0, 0.05) is 12.1 Å². The lowest BCUT2D eigenvalue weighted by Crippen LogP contribution is -2.35. The Morgan fingerprint density at radius 1 is 1.12 bits per heavy atom. The molecule has 0 radical (unpaired) electrons. The summed E-state index contributed by atoms with van der Waals surface area (Å²) in [4.78, 5) is 0. The SMILES string of the molecule is CC(C)(C)NCc1ccc(C(F)(F)F)c(F)c1. The molecule has 0 heterocycles. The second kappa shape index (κ2) is 4.64. The zero-order valence-electron chi connectivity index (χ0n) is 9.95. The summed E-state index contributed by atoms with van der Waals surface area (Å²) in [5.41, 5.74) is -0.901. The number of benzene rings is 1. The third-order valence-electron chi connectivity index (χ3n) is 2.16. The summed E-state index contributed by atoms with van der Waals surface area (Å²) in [5, 5.41) is 3.08. The lowest BCUT2D eigenvalue weighted by Gasteiger charge is -2.20. The molecule has 0 amide bonds. The number of nitrogens with one attached hydrogen (secondary N) is 1. The van der Waals surface area contributed by atoms with Crippen molar-refractivity contribution in [2.24, 2.45) is 0 Å². The van der Waals surface area contributed by atoms with Crippen LogP contribution in [-0.4, -0.2) is 5.54 Å². The molecule has 0 spiro atoms. The number of hydrogen-bond acceptors (Lipinski definition) is 1. The minimum atomic E-state index is -4.64. The lowest BCUT2D eigenvalue weighted by atomic mass is 10.1. The van der Waals surface area contributed by atoms with Gasteiger partial charge in [-0.15, -0.1) is 0 Å². The van der Waals surface area contributed by atoms with Crippen LogP contribution in [0.3, 0.4) is 0 Å². The first kappa shape index (κ1) is 14.0. The van der Waals surface area contributed by atoms with Crippen LogP contribution in [0, 0.1) is 5.82 Å². The Kier molecular flexibility index (Phi) is 3.81. The van der Waals surface area contributed by atoms with Crippen LogP contribution in [0.2, 0.25) is 0 Å². The van der Waals surface area contributed by atoms with Crippen molar-refractivity contribution in [3.8, 4) is 0 Å². The molecule has 0 unspecified atom stereocenters. The number of halogens is 4. The van der Waals surface area contributed by atoms with Gasteiger partial charge < -0.3 is 5.32 Å². The van der Waals surface area contributed by atoms with Gasteiger partial charge in [0.05, 0.1) is 5.56 Å². The maximum absolute atomic E-state index is 13.2. The van der Waals surface area contributed by atoms with E-state index in [9.17, 15) is 17.6 Å². The molecule has 0 aliphatic carbocycles. The molecule has 0 atom stereocenters. The molecule has 1 N–H and O–H groups in total. The maximum Gasteiger partial charge on any atom is 0.419 e. The van der Waals surface area contributed by atoms with Gasteiger partial charge in [-0.05, 0) is 38.5 Å². The zero-order valence-corrected chi connectivity index (χ0v) is 9.95. The predicted octanol–water partition coefficient (Wildman–Crippen LogP) is 3.73. The molecule has 1 aromatic carbocycles. The highest BCUT2D eigenvalue weighted by Gasteiger charge is 2.33. The van der Waals surface area contributed by atoms with E-state index in [2.05, 4.69) is 5.32 Å². The molecular formula is C12H15F4N. The molecule has 0 saturated carbocycles. The first-order valence-corrected chi connectivity index (χ1v) is 5.20. The molecule has 5 heteroatoms. The van der Waals surface area contributed by atoms with E-state index in [1.807, 2.05) is 20.8 Å². The summed E-state index contributed by atoms with van der Waals surface area (Å²) in [6.07, 6.45) is -4.64. The van der Waals surface area contributed by atoms with Crippen LogP contribution >= 0.6 is 0 Å². The monoisotopic (exact) mass is 249 g/mol. The summed E-state index contributed by atoms with van der Waals surface area (Å²) >= 11 is 0. The summed E-state index contributed by atoms with van der Waals surface area (Å²) < 4.78 is 50.1. The van der Waals surface area contributed by atoms with Crippen molar-refractivity contribution in [3.63, 3.8) is 0 Å². The smallest absolute Gasteiger partial charge is 0.308 e. The second-order valence-corrected chi connectivity index (χ2v) is 4.92. The Bertz CT molecular complexity index is 390. The topological polar surface area (TPSA) is 12.0 Å². The normalized spacial score (nSPS) is 12.9. The number of alkyl halides is 3. The third-order valence-corrected chi connectivity index (χ3v) is 2.16. The summed E-state index contributed by atoms with van der Waals surface area (Å²) in [7, 11) is 0. The predicted molar refractivity (Wildman–Crippen MR) is 58.0 cm³/mol. The van der Waals surface area contributed by atoms with Crippen molar-refractivity contribution >= 4 is 0 Å². The largest absolute Gasteiger partial charge is 0.419 e. The Morgan fingerprint density at radius 3 is 2.12 bits per heavy atom. The van der Waals surface area contributed by atoms with Crippen molar-refractivity contribution in [3.05, 3.63) is 35.1 Å². The molecule has 0 bridgehead atoms. The Morgan fingerprint density at radius 2 is 1.71 bits per heavy atom.